The fourth-order valence-electron chi connectivity index (χ4n) is 5.12. The van der Waals surface area contributed by atoms with Gasteiger partial charge in [-0.05, 0) is 59.9 Å². The van der Waals surface area contributed by atoms with Crippen molar-refractivity contribution in [3.8, 4) is 5.75 Å². The second kappa shape index (κ2) is 9.32. The van der Waals surface area contributed by atoms with Gasteiger partial charge in [-0.2, -0.15) is 0 Å². The second-order valence-electron chi connectivity index (χ2n) is 9.14. The molecule has 0 aliphatic carbocycles. The van der Waals surface area contributed by atoms with Gasteiger partial charge in [-0.3, -0.25) is 0 Å². The molecule has 0 fully saturated rings. The highest BCUT2D eigenvalue weighted by Crippen LogP contribution is 2.40. The molecule has 5 rings (SSSR count). The molecule has 0 radical (unpaired) electrons. The van der Waals surface area contributed by atoms with Gasteiger partial charge in [0, 0.05) is 24.1 Å². The fraction of sp³-hybridized carbons (Fsp3) is 0.233. The Morgan fingerprint density at radius 2 is 1.79 bits per heavy atom. The second-order valence-corrected chi connectivity index (χ2v) is 9.14. The molecule has 0 bridgehead atoms. The zero-order valence-corrected chi connectivity index (χ0v) is 19.5. The van der Waals surface area contributed by atoms with Gasteiger partial charge in [0.25, 0.3) is 0 Å². The van der Waals surface area contributed by atoms with Crippen molar-refractivity contribution in [1.82, 2.24) is 5.32 Å². The number of para-hydroxylation sites is 1. The summed E-state index contributed by atoms with van der Waals surface area (Å²) in [5.41, 5.74) is 4.71. The van der Waals surface area contributed by atoms with Crippen LogP contribution in [0.3, 0.4) is 0 Å². The molecule has 172 valence electrons. The van der Waals surface area contributed by atoms with Crippen LogP contribution in [0.4, 0.5) is 0 Å². The molecule has 0 saturated heterocycles. The summed E-state index contributed by atoms with van der Waals surface area (Å²) in [5, 5.41) is 15.6. The summed E-state index contributed by atoms with van der Waals surface area (Å²) in [5.74, 6) is 0.176. The van der Waals surface area contributed by atoms with Gasteiger partial charge < -0.3 is 15.2 Å². The van der Waals surface area contributed by atoms with E-state index in [0.717, 1.165) is 35.4 Å². The number of ether oxygens (including phenoxy) is 1. The highest BCUT2D eigenvalue weighted by molar-refractivity contribution is 5.89. The van der Waals surface area contributed by atoms with E-state index in [9.17, 15) is 9.90 Å². The monoisotopic (exact) mass is 451 g/mol. The molecular weight excluding hydrogens is 422 g/mol. The van der Waals surface area contributed by atoms with Crippen LogP contribution in [0, 0.1) is 6.92 Å². The highest BCUT2D eigenvalue weighted by atomic mass is 16.5. The Morgan fingerprint density at radius 3 is 2.62 bits per heavy atom. The molecule has 34 heavy (non-hydrogen) atoms. The molecule has 4 heteroatoms. The van der Waals surface area contributed by atoms with Crippen LogP contribution in [0.1, 0.15) is 57.9 Å². The molecule has 0 saturated carbocycles. The van der Waals surface area contributed by atoms with Crippen LogP contribution >= 0.6 is 0 Å². The molecule has 3 unspecified atom stereocenters. The van der Waals surface area contributed by atoms with Crippen LogP contribution in [-0.2, 0) is 0 Å². The van der Waals surface area contributed by atoms with E-state index in [1.165, 1.54) is 16.3 Å². The molecule has 4 nitrogen and oxygen atoms in total. The van der Waals surface area contributed by atoms with Gasteiger partial charge in [0.2, 0.25) is 0 Å². The van der Waals surface area contributed by atoms with Crippen molar-refractivity contribution in [3.05, 3.63) is 113 Å². The minimum absolute atomic E-state index is 0.0109. The van der Waals surface area contributed by atoms with Crippen molar-refractivity contribution in [2.45, 2.75) is 38.3 Å². The first-order chi connectivity index (χ1) is 16.5. The average molecular weight is 452 g/mol. The molecule has 1 aliphatic rings. The molecule has 2 N–H and O–H groups in total. The third kappa shape index (κ3) is 4.29. The number of carboxylic acid groups (broad SMARTS) is 1. The molecule has 0 spiro atoms. The Hall–Kier alpha value is -3.63. The van der Waals surface area contributed by atoms with Crippen molar-refractivity contribution in [2.75, 3.05) is 6.54 Å². The van der Waals surface area contributed by atoms with E-state index in [4.69, 9.17) is 4.74 Å². The lowest BCUT2D eigenvalue weighted by Gasteiger charge is -2.33. The number of rotatable bonds is 6. The topological polar surface area (TPSA) is 58.6 Å². The van der Waals surface area contributed by atoms with Gasteiger partial charge in [-0.1, -0.05) is 72.8 Å². The lowest BCUT2D eigenvalue weighted by molar-refractivity contribution is 0.0696. The Morgan fingerprint density at radius 1 is 1.03 bits per heavy atom. The third-order valence-corrected chi connectivity index (χ3v) is 6.91. The van der Waals surface area contributed by atoms with Crippen molar-refractivity contribution < 1.29 is 14.6 Å². The van der Waals surface area contributed by atoms with Crippen LogP contribution in [0.5, 0.6) is 5.75 Å². The van der Waals surface area contributed by atoms with Crippen LogP contribution in [-0.4, -0.2) is 23.7 Å². The van der Waals surface area contributed by atoms with Gasteiger partial charge in [-0.15, -0.1) is 0 Å². The van der Waals surface area contributed by atoms with Crippen LogP contribution in [0.15, 0.2) is 84.9 Å². The number of aryl methyl sites for hydroxylation is 1. The number of nitrogens with one attached hydrogen (secondary N) is 1. The summed E-state index contributed by atoms with van der Waals surface area (Å²) >= 11 is 0. The summed E-state index contributed by atoms with van der Waals surface area (Å²) in [6.45, 7) is 4.79. The minimum atomic E-state index is -0.888. The summed E-state index contributed by atoms with van der Waals surface area (Å²) in [6.07, 6.45) is 0.842. The van der Waals surface area contributed by atoms with E-state index in [1.807, 2.05) is 37.3 Å². The summed E-state index contributed by atoms with van der Waals surface area (Å²) < 4.78 is 6.39. The SMILES string of the molecule is Cc1cc(C2CC(CNC(C)c3cccc4ccccc34)Oc3ccccc32)ccc1C(=O)O. The quantitative estimate of drug-likeness (QED) is 0.352. The Kier molecular flexibility index (Phi) is 6.08. The predicted molar refractivity (Wildman–Crippen MR) is 136 cm³/mol. The Labute approximate surface area is 200 Å². The number of benzene rings is 4. The molecular formula is C30H29NO3. The van der Waals surface area contributed by atoms with Gasteiger partial charge in [0.15, 0.2) is 0 Å². The number of aromatic carboxylic acids is 1. The zero-order valence-electron chi connectivity index (χ0n) is 19.5. The Balaban J connectivity index is 1.37. The van der Waals surface area contributed by atoms with E-state index < -0.39 is 5.97 Å². The van der Waals surface area contributed by atoms with Crippen LogP contribution in [0.2, 0.25) is 0 Å². The number of hydrogen-bond donors (Lipinski definition) is 2. The van der Waals surface area contributed by atoms with Crippen LogP contribution < -0.4 is 10.1 Å². The van der Waals surface area contributed by atoms with E-state index in [2.05, 4.69) is 60.8 Å². The van der Waals surface area contributed by atoms with Gasteiger partial charge in [-0.25, -0.2) is 4.79 Å². The van der Waals surface area contributed by atoms with E-state index in [1.54, 1.807) is 6.07 Å². The maximum Gasteiger partial charge on any atom is 0.335 e. The molecule has 0 amide bonds. The molecule has 1 heterocycles. The predicted octanol–water partition coefficient (Wildman–Crippen LogP) is 6.48. The lowest BCUT2D eigenvalue weighted by Crippen LogP contribution is -2.37. The lowest BCUT2D eigenvalue weighted by atomic mass is 9.83. The van der Waals surface area contributed by atoms with Gasteiger partial charge >= 0.3 is 5.97 Å². The van der Waals surface area contributed by atoms with Crippen molar-refractivity contribution in [3.63, 3.8) is 0 Å². The van der Waals surface area contributed by atoms with Gasteiger partial charge in [0.05, 0.1) is 5.56 Å². The molecule has 0 aromatic heterocycles. The highest BCUT2D eigenvalue weighted by Gasteiger charge is 2.30. The van der Waals surface area contributed by atoms with E-state index in [0.29, 0.717) is 5.56 Å². The van der Waals surface area contributed by atoms with E-state index >= 15 is 0 Å². The minimum Gasteiger partial charge on any atom is -0.489 e. The van der Waals surface area contributed by atoms with E-state index in [-0.39, 0.29) is 18.1 Å². The number of hydrogen-bond acceptors (Lipinski definition) is 3. The third-order valence-electron chi connectivity index (χ3n) is 6.91. The molecule has 3 atom stereocenters. The molecule has 1 aliphatic heterocycles. The fourth-order valence-corrected chi connectivity index (χ4v) is 5.12. The van der Waals surface area contributed by atoms with Crippen LogP contribution in [0.25, 0.3) is 10.8 Å². The van der Waals surface area contributed by atoms with Crippen molar-refractivity contribution in [1.29, 1.82) is 0 Å². The first-order valence-electron chi connectivity index (χ1n) is 11.8. The van der Waals surface area contributed by atoms with Crippen molar-refractivity contribution >= 4 is 16.7 Å². The largest absolute Gasteiger partial charge is 0.489 e. The molecule has 4 aromatic rings. The normalized spacial score (nSPS) is 18.2. The first-order valence-corrected chi connectivity index (χ1v) is 11.8. The number of fused-ring (bicyclic) bond motifs is 2. The summed E-state index contributed by atoms with van der Waals surface area (Å²) in [4.78, 5) is 11.5. The zero-order chi connectivity index (χ0) is 23.7. The maximum atomic E-state index is 11.5. The molecule has 4 aromatic carbocycles. The number of carboxylic acids is 1. The summed E-state index contributed by atoms with van der Waals surface area (Å²) in [7, 11) is 0. The number of carbonyl (C=O) groups is 1. The van der Waals surface area contributed by atoms with Gasteiger partial charge in [0.1, 0.15) is 11.9 Å². The first kappa shape index (κ1) is 22.2. The smallest absolute Gasteiger partial charge is 0.335 e. The average Bonchev–Trinajstić information content (AvgIpc) is 2.86. The maximum absolute atomic E-state index is 11.5. The Bertz CT molecular complexity index is 1340. The van der Waals surface area contributed by atoms with Crippen molar-refractivity contribution in [2.24, 2.45) is 0 Å². The standard InChI is InChI=1S/C30H29NO3/c1-19-16-22(14-15-24(19)30(32)33)28-17-23(34-29-13-6-5-11-27(28)29)18-31-20(2)25-12-7-9-21-8-3-4-10-26(21)25/h3-16,20,23,28,31H,17-18H2,1-2H3,(H,32,33). The summed E-state index contributed by atoms with van der Waals surface area (Å²) in [6, 6.07) is 29.0.